The van der Waals surface area contributed by atoms with E-state index in [9.17, 15) is 9.59 Å². The minimum absolute atomic E-state index is 0.158. The molecule has 0 bridgehead atoms. The molecule has 7 nitrogen and oxygen atoms in total. The number of ether oxygens (including phenoxy) is 3. The zero-order chi connectivity index (χ0) is 20.3. The Morgan fingerprint density at radius 1 is 1.17 bits per heavy atom. The molecule has 2 unspecified atom stereocenters. The third kappa shape index (κ3) is 4.67. The Kier molecular flexibility index (Phi) is 6.25. The lowest BCUT2D eigenvalue weighted by Crippen LogP contribution is -2.47. The van der Waals surface area contributed by atoms with Crippen LogP contribution < -0.4 is 5.32 Å². The predicted octanol–water partition coefficient (Wildman–Crippen LogP) is 3.11. The maximum atomic E-state index is 13.0. The number of esters is 1. The number of hydrogen-bond donors (Lipinski definition) is 1. The van der Waals surface area contributed by atoms with Crippen molar-refractivity contribution in [3.8, 4) is 0 Å². The van der Waals surface area contributed by atoms with Gasteiger partial charge in [-0.1, -0.05) is 25.8 Å². The summed E-state index contributed by atoms with van der Waals surface area (Å²) in [6.07, 6.45) is 13.7. The van der Waals surface area contributed by atoms with Crippen LogP contribution in [0.3, 0.4) is 0 Å². The zero-order valence-corrected chi connectivity index (χ0v) is 17.1. The van der Waals surface area contributed by atoms with Crippen LogP contribution in [0.15, 0.2) is 24.7 Å². The van der Waals surface area contributed by atoms with Gasteiger partial charge in [-0.15, -0.1) is 0 Å². The topological polar surface area (TPSA) is 77.1 Å². The van der Waals surface area contributed by atoms with Crippen LogP contribution in [0.4, 0.5) is 0 Å². The third-order valence-corrected chi connectivity index (χ3v) is 6.49. The Balaban J connectivity index is 1.30. The van der Waals surface area contributed by atoms with Gasteiger partial charge >= 0.3 is 5.97 Å². The molecule has 29 heavy (non-hydrogen) atoms. The molecule has 2 aliphatic carbocycles. The third-order valence-electron chi connectivity index (χ3n) is 6.49. The van der Waals surface area contributed by atoms with E-state index in [-0.39, 0.29) is 36.9 Å². The van der Waals surface area contributed by atoms with Crippen molar-refractivity contribution < 1.29 is 23.8 Å². The van der Waals surface area contributed by atoms with Crippen LogP contribution in [0.5, 0.6) is 0 Å². The fraction of sp³-hybridized carbons (Fsp3) is 0.727. The van der Waals surface area contributed by atoms with Gasteiger partial charge in [0.2, 0.25) is 0 Å². The lowest BCUT2D eigenvalue weighted by atomic mass is 9.84. The van der Waals surface area contributed by atoms with Crippen molar-refractivity contribution in [3.05, 3.63) is 24.7 Å². The number of nitrogens with one attached hydrogen (secondary N) is 1. The Hall–Kier alpha value is -1.86. The van der Waals surface area contributed by atoms with E-state index in [1.54, 1.807) is 6.20 Å². The summed E-state index contributed by atoms with van der Waals surface area (Å²) in [5.41, 5.74) is -0.764. The van der Waals surface area contributed by atoms with Crippen LogP contribution in [-0.4, -0.2) is 47.4 Å². The Bertz CT molecular complexity index is 664. The monoisotopic (exact) mass is 404 g/mol. The molecule has 1 N–H and O–H groups in total. The van der Waals surface area contributed by atoms with Gasteiger partial charge in [0.1, 0.15) is 18.7 Å². The second-order valence-electron chi connectivity index (χ2n) is 8.63. The van der Waals surface area contributed by atoms with Gasteiger partial charge in [0, 0.05) is 12.3 Å². The van der Waals surface area contributed by atoms with Crippen LogP contribution in [-0.2, 0) is 23.8 Å². The number of carbonyl (C=O) groups excluding carboxylic acids is 2. The van der Waals surface area contributed by atoms with Crippen LogP contribution in [0.25, 0.3) is 0 Å². The first-order chi connectivity index (χ1) is 14.1. The van der Waals surface area contributed by atoms with Gasteiger partial charge in [-0.3, -0.25) is 4.79 Å². The Labute approximate surface area is 172 Å². The molecular formula is C22H32N2O5. The maximum absolute atomic E-state index is 13.0. The van der Waals surface area contributed by atoms with Gasteiger partial charge in [0.25, 0.3) is 5.91 Å². The fourth-order valence-corrected chi connectivity index (χ4v) is 4.89. The van der Waals surface area contributed by atoms with Crippen molar-refractivity contribution in [3.63, 3.8) is 0 Å². The molecule has 1 amide bonds. The molecule has 7 heteroatoms. The second kappa shape index (κ2) is 8.88. The average Bonchev–Trinajstić information content (AvgIpc) is 3.39. The molecule has 4 aliphatic rings. The molecule has 3 fully saturated rings. The van der Waals surface area contributed by atoms with E-state index in [2.05, 4.69) is 11.9 Å². The van der Waals surface area contributed by atoms with E-state index in [0.29, 0.717) is 5.82 Å². The van der Waals surface area contributed by atoms with Crippen LogP contribution in [0.1, 0.15) is 70.6 Å². The summed E-state index contributed by atoms with van der Waals surface area (Å²) in [7, 11) is 0. The van der Waals surface area contributed by atoms with Crippen molar-refractivity contribution in [1.29, 1.82) is 0 Å². The molecule has 1 saturated heterocycles. The van der Waals surface area contributed by atoms with Crippen LogP contribution in [0.2, 0.25) is 0 Å². The number of hydrogen-bond acceptors (Lipinski definition) is 6. The molecular weight excluding hydrogens is 372 g/mol. The smallest absolute Gasteiger partial charge is 0.338 e. The van der Waals surface area contributed by atoms with Crippen molar-refractivity contribution in [1.82, 2.24) is 10.2 Å². The van der Waals surface area contributed by atoms with Crippen molar-refractivity contribution in [2.45, 2.75) is 94.7 Å². The van der Waals surface area contributed by atoms with E-state index >= 15 is 0 Å². The van der Waals surface area contributed by atoms with Crippen molar-refractivity contribution in [2.24, 2.45) is 0 Å². The highest BCUT2D eigenvalue weighted by molar-refractivity contribution is 5.89. The molecule has 0 aromatic heterocycles. The maximum Gasteiger partial charge on any atom is 0.338 e. The van der Waals surface area contributed by atoms with Gasteiger partial charge in [-0.25, -0.2) is 4.79 Å². The first-order valence-electron chi connectivity index (χ1n) is 11.0. The number of nitrogens with zero attached hydrogens (tertiary/aromatic N) is 1. The van der Waals surface area contributed by atoms with Gasteiger partial charge in [0.05, 0.1) is 12.2 Å². The summed E-state index contributed by atoms with van der Waals surface area (Å²) in [6, 6.07) is 0. The van der Waals surface area contributed by atoms with Gasteiger partial charge in [-0.05, 0) is 51.4 Å². The summed E-state index contributed by atoms with van der Waals surface area (Å²) in [6.45, 7) is 4.11. The van der Waals surface area contributed by atoms with Crippen molar-refractivity contribution in [2.75, 3.05) is 6.61 Å². The lowest BCUT2D eigenvalue weighted by molar-refractivity contribution is -0.189. The zero-order valence-electron chi connectivity index (χ0n) is 17.1. The van der Waals surface area contributed by atoms with E-state index in [1.165, 1.54) is 18.9 Å². The molecule has 4 rings (SSSR count). The normalized spacial score (nSPS) is 29.9. The molecule has 0 aromatic rings. The second-order valence-corrected chi connectivity index (χ2v) is 8.63. The first-order valence-corrected chi connectivity index (χ1v) is 11.0. The highest BCUT2D eigenvalue weighted by Crippen LogP contribution is 2.37. The van der Waals surface area contributed by atoms with E-state index in [4.69, 9.17) is 14.2 Å². The summed E-state index contributed by atoms with van der Waals surface area (Å²) >= 11 is 0. The lowest BCUT2D eigenvalue weighted by Gasteiger charge is -2.37. The quantitative estimate of drug-likeness (QED) is 0.686. The molecule has 160 valence electrons. The fourth-order valence-electron chi connectivity index (χ4n) is 4.89. The Morgan fingerprint density at radius 2 is 1.93 bits per heavy atom. The molecule has 2 aliphatic heterocycles. The number of carbonyl (C=O) groups is 2. The van der Waals surface area contributed by atoms with E-state index in [0.717, 1.165) is 57.8 Å². The SMILES string of the molecule is C=C1NC(=O)C=CN1C1CCC(COC(=O)C2(OC3CCCC3)CCCCC2)O1. The Morgan fingerprint density at radius 3 is 2.66 bits per heavy atom. The van der Waals surface area contributed by atoms with Gasteiger partial charge in [-0.2, -0.15) is 0 Å². The molecule has 0 radical (unpaired) electrons. The summed E-state index contributed by atoms with van der Waals surface area (Å²) in [5.74, 6) is 0.103. The minimum Gasteiger partial charge on any atom is -0.461 e. The van der Waals surface area contributed by atoms with E-state index < -0.39 is 5.60 Å². The van der Waals surface area contributed by atoms with Gasteiger partial charge < -0.3 is 24.4 Å². The summed E-state index contributed by atoms with van der Waals surface area (Å²) in [4.78, 5) is 26.2. The predicted molar refractivity (Wildman–Crippen MR) is 106 cm³/mol. The van der Waals surface area contributed by atoms with Crippen LogP contribution >= 0.6 is 0 Å². The number of amides is 1. The standard InChI is InChI=1S/C22H32N2O5/c1-16-23-19(25)11-14-24(16)20-10-9-18(28-20)15-27-21(26)22(12-5-2-6-13-22)29-17-7-3-4-8-17/h11,14,17-18,20H,1-10,12-13,15H2,(H,23,25). The molecule has 2 heterocycles. The highest BCUT2D eigenvalue weighted by atomic mass is 16.6. The molecule has 2 saturated carbocycles. The summed E-state index contributed by atoms with van der Waals surface area (Å²) in [5, 5.41) is 2.68. The minimum atomic E-state index is -0.764. The van der Waals surface area contributed by atoms with Crippen LogP contribution in [0, 0.1) is 0 Å². The molecule has 0 spiro atoms. The highest BCUT2D eigenvalue weighted by Gasteiger charge is 2.45. The van der Waals surface area contributed by atoms with Crippen molar-refractivity contribution >= 4 is 11.9 Å². The number of rotatable bonds is 6. The molecule has 2 atom stereocenters. The average molecular weight is 405 g/mol. The first kappa shape index (κ1) is 20.4. The van der Waals surface area contributed by atoms with E-state index in [1.807, 2.05) is 4.90 Å². The molecule has 0 aromatic carbocycles. The summed E-state index contributed by atoms with van der Waals surface area (Å²) < 4.78 is 18.2. The van der Waals surface area contributed by atoms with Gasteiger partial charge in [0.15, 0.2) is 5.60 Å². The largest absolute Gasteiger partial charge is 0.461 e.